The molecule has 0 bridgehead atoms. The van der Waals surface area contributed by atoms with Gasteiger partial charge in [-0.15, -0.1) is 0 Å². The van der Waals surface area contributed by atoms with Gasteiger partial charge in [-0.1, -0.05) is 0 Å². The van der Waals surface area contributed by atoms with Gasteiger partial charge in [0, 0.05) is 29.2 Å². The summed E-state index contributed by atoms with van der Waals surface area (Å²) in [7, 11) is 0. The zero-order valence-corrected chi connectivity index (χ0v) is 9.88. The van der Waals surface area contributed by atoms with Gasteiger partial charge in [-0.3, -0.25) is 10.1 Å². The minimum Gasteiger partial charge on any atom is -0.399 e. The summed E-state index contributed by atoms with van der Waals surface area (Å²) >= 11 is 0. The van der Waals surface area contributed by atoms with Crippen LogP contribution in [0.15, 0.2) is 42.5 Å². The summed E-state index contributed by atoms with van der Waals surface area (Å²) in [5.74, 6) is 0. The van der Waals surface area contributed by atoms with E-state index in [9.17, 15) is 10.1 Å². The highest BCUT2D eigenvalue weighted by Crippen LogP contribution is 2.24. The topological polar surface area (TPSA) is 81.2 Å². The number of benzene rings is 2. The molecule has 0 unspecified atom stereocenters. The molecule has 0 aliphatic rings. The number of non-ortho nitro benzene ring substituents is 1. The third-order valence-corrected chi connectivity index (χ3v) is 2.47. The fraction of sp³-hybridized carbons (Fsp3) is 0.0769. The van der Waals surface area contributed by atoms with E-state index in [1.54, 1.807) is 12.1 Å². The van der Waals surface area contributed by atoms with Gasteiger partial charge in [-0.05, 0) is 42.8 Å². The van der Waals surface area contributed by atoms with E-state index in [1.165, 1.54) is 12.1 Å². The van der Waals surface area contributed by atoms with E-state index >= 15 is 0 Å². The van der Waals surface area contributed by atoms with Crippen molar-refractivity contribution in [2.45, 2.75) is 6.92 Å². The van der Waals surface area contributed by atoms with Gasteiger partial charge in [0.15, 0.2) is 0 Å². The standard InChI is InChI=1S/C13H13N3O2/c1-9-6-12(8-13(7-9)16(17)18)15-11-4-2-10(14)3-5-11/h2-8,15H,14H2,1H3. The lowest BCUT2D eigenvalue weighted by Gasteiger charge is -2.07. The SMILES string of the molecule is Cc1cc(Nc2ccc(N)cc2)cc([N+](=O)[O-])c1. The van der Waals surface area contributed by atoms with Crippen molar-refractivity contribution < 1.29 is 4.92 Å². The first-order valence-corrected chi connectivity index (χ1v) is 5.43. The first-order valence-electron chi connectivity index (χ1n) is 5.43. The molecular weight excluding hydrogens is 230 g/mol. The number of nitro groups is 1. The molecule has 18 heavy (non-hydrogen) atoms. The molecule has 2 aromatic rings. The zero-order valence-electron chi connectivity index (χ0n) is 9.88. The number of hydrogen-bond acceptors (Lipinski definition) is 4. The molecule has 2 rings (SSSR count). The number of nitrogens with two attached hydrogens (primary N) is 1. The summed E-state index contributed by atoms with van der Waals surface area (Å²) in [6.07, 6.45) is 0. The molecule has 2 aromatic carbocycles. The summed E-state index contributed by atoms with van der Waals surface area (Å²) in [5.41, 5.74) is 8.70. The second-order valence-corrected chi connectivity index (χ2v) is 4.06. The Kier molecular flexibility index (Phi) is 3.14. The van der Waals surface area contributed by atoms with Crippen molar-refractivity contribution >= 4 is 22.7 Å². The van der Waals surface area contributed by atoms with Crippen molar-refractivity contribution in [1.29, 1.82) is 0 Å². The number of nitrogens with one attached hydrogen (secondary N) is 1. The lowest BCUT2D eigenvalue weighted by Crippen LogP contribution is -1.94. The van der Waals surface area contributed by atoms with Crippen LogP contribution in [0.4, 0.5) is 22.7 Å². The maximum Gasteiger partial charge on any atom is 0.271 e. The maximum absolute atomic E-state index is 10.8. The highest BCUT2D eigenvalue weighted by molar-refractivity contribution is 5.64. The molecule has 5 nitrogen and oxygen atoms in total. The van der Waals surface area contributed by atoms with Crippen LogP contribution in [0.3, 0.4) is 0 Å². The van der Waals surface area contributed by atoms with Crippen molar-refractivity contribution in [2.24, 2.45) is 0 Å². The smallest absolute Gasteiger partial charge is 0.271 e. The number of hydrogen-bond donors (Lipinski definition) is 2. The third-order valence-electron chi connectivity index (χ3n) is 2.47. The molecule has 0 heterocycles. The monoisotopic (exact) mass is 243 g/mol. The lowest BCUT2D eigenvalue weighted by molar-refractivity contribution is -0.384. The van der Waals surface area contributed by atoms with Crippen molar-refractivity contribution in [3.8, 4) is 0 Å². The number of anilines is 3. The largest absolute Gasteiger partial charge is 0.399 e. The molecule has 92 valence electrons. The molecule has 0 saturated heterocycles. The molecule has 0 amide bonds. The van der Waals surface area contributed by atoms with Crippen molar-refractivity contribution in [3.63, 3.8) is 0 Å². The average molecular weight is 243 g/mol. The Labute approximate surface area is 104 Å². The van der Waals surface area contributed by atoms with Gasteiger partial charge >= 0.3 is 0 Å². The quantitative estimate of drug-likeness (QED) is 0.492. The molecule has 0 aliphatic carbocycles. The lowest BCUT2D eigenvalue weighted by atomic mass is 10.2. The highest BCUT2D eigenvalue weighted by Gasteiger charge is 2.07. The Bertz CT molecular complexity index is 579. The molecule has 0 spiro atoms. The van der Waals surface area contributed by atoms with Crippen molar-refractivity contribution in [2.75, 3.05) is 11.1 Å². The fourth-order valence-electron chi connectivity index (χ4n) is 1.67. The number of aryl methyl sites for hydroxylation is 1. The van der Waals surface area contributed by atoms with E-state index in [4.69, 9.17) is 5.73 Å². The molecule has 0 aliphatic heterocycles. The van der Waals surface area contributed by atoms with E-state index in [2.05, 4.69) is 5.32 Å². The second kappa shape index (κ2) is 4.75. The minimum absolute atomic E-state index is 0.0768. The number of nitrogens with zero attached hydrogens (tertiary/aromatic N) is 1. The Morgan fingerprint density at radius 3 is 2.39 bits per heavy atom. The van der Waals surface area contributed by atoms with Gasteiger partial charge < -0.3 is 11.1 Å². The zero-order chi connectivity index (χ0) is 13.1. The summed E-state index contributed by atoms with van der Waals surface area (Å²) in [6.45, 7) is 1.82. The molecular formula is C13H13N3O2. The predicted molar refractivity (Wildman–Crippen MR) is 72.0 cm³/mol. The van der Waals surface area contributed by atoms with Crippen molar-refractivity contribution in [1.82, 2.24) is 0 Å². The van der Waals surface area contributed by atoms with Gasteiger partial charge in [-0.25, -0.2) is 0 Å². The Hall–Kier alpha value is -2.56. The first-order chi connectivity index (χ1) is 8.54. The van der Waals surface area contributed by atoms with E-state index in [0.29, 0.717) is 11.4 Å². The van der Waals surface area contributed by atoms with E-state index in [-0.39, 0.29) is 5.69 Å². The number of nitro benzene ring substituents is 1. The minimum atomic E-state index is -0.402. The van der Waals surface area contributed by atoms with Crippen LogP contribution in [0.2, 0.25) is 0 Å². The predicted octanol–water partition coefficient (Wildman–Crippen LogP) is 3.23. The molecule has 0 atom stereocenters. The summed E-state index contributed by atoms with van der Waals surface area (Å²) < 4.78 is 0. The van der Waals surface area contributed by atoms with Crippen LogP contribution in [0.1, 0.15) is 5.56 Å². The molecule has 0 saturated carbocycles. The van der Waals surface area contributed by atoms with E-state index in [0.717, 1.165) is 11.3 Å². The molecule has 0 fully saturated rings. The maximum atomic E-state index is 10.8. The Balaban J connectivity index is 2.28. The normalized spacial score (nSPS) is 10.1. The molecule has 0 radical (unpaired) electrons. The average Bonchev–Trinajstić information content (AvgIpc) is 2.31. The van der Waals surface area contributed by atoms with Crippen LogP contribution in [0.5, 0.6) is 0 Å². The molecule has 3 N–H and O–H groups in total. The molecule has 5 heteroatoms. The van der Waals surface area contributed by atoms with Gasteiger partial charge in [0.05, 0.1) is 4.92 Å². The molecule has 0 aromatic heterocycles. The fourth-order valence-corrected chi connectivity index (χ4v) is 1.67. The Morgan fingerprint density at radius 1 is 1.11 bits per heavy atom. The van der Waals surface area contributed by atoms with Crippen LogP contribution in [-0.4, -0.2) is 4.92 Å². The van der Waals surface area contributed by atoms with E-state index < -0.39 is 4.92 Å². The van der Waals surface area contributed by atoms with Gasteiger partial charge in [0.1, 0.15) is 0 Å². The van der Waals surface area contributed by atoms with Crippen LogP contribution < -0.4 is 11.1 Å². The Morgan fingerprint density at radius 2 is 1.78 bits per heavy atom. The van der Waals surface area contributed by atoms with E-state index in [1.807, 2.05) is 25.1 Å². The highest BCUT2D eigenvalue weighted by atomic mass is 16.6. The number of rotatable bonds is 3. The summed E-state index contributed by atoms with van der Waals surface area (Å²) in [5, 5.41) is 13.9. The van der Waals surface area contributed by atoms with Crippen LogP contribution in [0, 0.1) is 17.0 Å². The van der Waals surface area contributed by atoms with Crippen LogP contribution >= 0.6 is 0 Å². The van der Waals surface area contributed by atoms with Gasteiger partial charge in [0.25, 0.3) is 5.69 Å². The second-order valence-electron chi connectivity index (χ2n) is 4.06. The third kappa shape index (κ3) is 2.76. The number of nitrogen functional groups attached to an aromatic ring is 1. The van der Waals surface area contributed by atoms with Crippen LogP contribution in [0.25, 0.3) is 0 Å². The van der Waals surface area contributed by atoms with Gasteiger partial charge in [-0.2, -0.15) is 0 Å². The summed E-state index contributed by atoms with van der Waals surface area (Å²) in [4.78, 5) is 10.4. The van der Waals surface area contributed by atoms with Crippen LogP contribution in [-0.2, 0) is 0 Å². The summed E-state index contributed by atoms with van der Waals surface area (Å²) in [6, 6.07) is 12.1. The first kappa shape index (κ1) is 11.9. The van der Waals surface area contributed by atoms with Gasteiger partial charge in [0.2, 0.25) is 0 Å². The van der Waals surface area contributed by atoms with Crippen molar-refractivity contribution in [3.05, 3.63) is 58.1 Å².